The van der Waals surface area contributed by atoms with E-state index >= 15 is 0 Å². The lowest BCUT2D eigenvalue weighted by Crippen LogP contribution is -2.65. The van der Waals surface area contributed by atoms with Gasteiger partial charge in [-0.1, -0.05) is 31.5 Å². The number of hydrogen-bond acceptors (Lipinski definition) is 4. The lowest BCUT2D eigenvalue weighted by molar-refractivity contribution is 0.376. The highest BCUT2D eigenvalue weighted by Crippen LogP contribution is 2.37. The van der Waals surface area contributed by atoms with Gasteiger partial charge in [0.25, 0.3) is 0 Å². The highest BCUT2D eigenvalue weighted by molar-refractivity contribution is 7.88. The third-order valence-electron chi connectivity index (χ3n) is 4.64. The van der Waals surface area contributed by atoms with Crippen molar-refractivity contribution >= 4 is 38.1 Å². The summed E-state index contributed by atoms with van der Waals surface area (Å²) in [5, 5.41) is 2.64. The molecule has 7 heteroatoms. The molecule has 0 saturated carbocycles. The van der Waals surface area contributed by atoms with E-state index in [4.69, 9.17) is 11.6 Å². The van der Waals surface area contributed by atoms with Crippen LogP contribution in [0.1, 0.15) is 32.3 Å². The van der Waals surface area contributed by atoms with Gasteiger partial charge >= 0.3 is 0 Å². The predicted octanol–water partition coefficient (Wildman–Crippen LogP) is 3.14. The van der Waals surface area contributed by atoms with Crippen LogP contribution in [0.15, 0.2) is 24.4 Å². The zero-order valence-corrected chi connectivity index (χ0v) is 15.8. The van der Waals surface area contributed by atoms with Crippen molar-refractivity contribution in [3.8, 4) is 0 Å². The van der Waals surface area contributed by atoms with E-state index in [1.54, 1.807) is 0 Å². The average Bonchev–Trinajstić information content (AvgIpc) is 2.48. The molecule has 0 aliphatic carbocycles. The Bertz CT molecular complexity index is 883. The van der Waals surface area contributed by atoms with Crippen LogP contribution in [0.2, 0.25) is 5.15 Å². The highest BCUT2D eigenvalue weighted by Gasteiger charge is 2.38. The zero-order valence-electron chi connectivity index (χ0n) is 14.2. The fourth-order valence-corrected chi connectivity index (χ4v) is 4.29. The van der Waals surface area contributed by atoms with Gasteiger partial charge in [-0.3, -0.25) is 0 Å². The quantitative estimate of drug-likeness (QED) is 0.843. The van der Waals surface area contributed by atoms with Gasteiger partial charge in [-0.2, -0.15) is 0 Å². The van der Waals surface area contributed by atoms with Crippen LogP contribution in [0.3, 0.4) is 0 Å². The molecule has 24 heavy (non-hydrogen) atoms. The Morgan fingerprint density at radius 2 is 2.04 bits per heavy atom. The van der Waals surface area contributed by atoms with Crippen molar-refractivity contribution in [2.75, 3.05) is 17.7 Å². The van der Waals surface area contributed by atoms with Crippen molar-refractivity contribution in [1.29, 1.82) is 0 Å². The second-order valence-corrected chi connectivity index (χ2v) is 8.94. The van der Waals surface area contributed by atoms with E-state index in [0.717, 1.165) is 16.5 Å². The van der Waals surface area contributed by atoms with Crippen LogP contribution in [-0.2, 0) is 10.0 Å². The molecule has 0 amide bonds. The molecule has 1 fully saturated rings. The van der Waals surface area contributed by atoms with Crippen LogP contribution >= 0.6 is 11.6 Å². The summed E-state index contributed by atoms with van der Waals surface area (Å²) in [5.74, 6) is 0.383. The fourth-order valence-electron chi connectivity index (χ4n) is 3.31. The molecule has 0 unspecified atom stereocenters. The van der Waals surface area contributed by atoms with Crippen molar-refractivity contribution in [1.82, 2.24) is 9.71 Å². The summed E-state index contributed by atoms with van der Waals surface area (Å²) in [4.78, 5) is 6.44. The highest BCUT2D eigenvalue weighted by atomic mass is 35.5. The van der Waals surface area contributed by atoms with Crippen LogP contribution < -0.4 is 9.62 Å². The van der Waals surface area contributed by atoms with Gasteiger partial charge in [0.1, 0.15) is 5.15 Å². The third-order valence-corrected chi connectivity index (χ3v) is 5.58. The van der Waals surface area contributed by atoms with Gasteiger partial charge in [0, 0.05) is 29.9 Å². The Kier molecular flexibility index (Phi) is 4.49. The summed E-state index contributed by atoms with van der Waals surface area (Å²) < 4.78 is 25.6. The van der Waals surface area contributed by atoms with Gasteiger partial charge in [-0.05, 0) is 35.9 Å². The number of nitrogens with one attached hydrogen (secondary N) is 1. The summed E-state index contributed by atoms with van der Waals surface area (Å²) in [6, 6.07) is 6.15. The molecule has 3 rings (SSSR count). The van der Waals surface area contributed by atoms with Crippen molar-refractivity contribution < 1.29 is 8.42 Å². The predicted molar refractivity (Wildman–Crippen MR) is 99.4 cm³/mol. The van der Waals surface area contributed by atoms with Crippen LogP contribution in [0, 0.1) is 0 Å². The minimum absolute atomic E-state index is 0.0694. The number of sulfonamides is 1. The molecule has 2 aromatic rings. The Balaban J connectivity index is 1.99. The van der Waals surface area contributed by atoms with Crippen molar-refractivity contribution in [2.24, 2.45) is 0 Å². The van der Waals surface area contributed by atoms with Crippen molar-refractivity contribution in [2.45, 2.75) is 38.8 Å². The van der Waals surface area contributed by atoms with Crippen LogP contribution in [0.5, 0.6) is 0 Å². The zero-order chi connectivity index (χ0) is 17.6. The number of nitrogens with zero attached hydrogens (tertiary/aromatic N) is 2. The number of rotatable bonds is 4. The first kappa shape index (κ1) is 17.5. The monoisotopic (exact) mass is 367 g/mol. The van der Waals surface area contributed by atoms with Gasteiger partial charge in [0.15, 0.2) is 0 Å². The Hall–Kier alpha value is -1.37. The largest absolute Gasteiger partial charge is 0.365 e. The summed E-state index contributed by atoms with van der Waals surface area (Å²) in [5.41, 5.74) is 2.30. The van der Waals surface area contributed by atoms with Gasteiger partial charge in [-0.15, -0.1) is 0 Å². The summed E-state index contributed by atoms with van der Waals surface area (Å²) in [6.07, 6.45) is 3.00. The van der Waals surface area contributed by atoms with E-state index < -0.39 is 10.0 Å². The molecule has 0 bridgehead atoms. The third kappa shape index (κ3) is 3.23. The average molecular weight is 368 g/mol. The number of anilines is 1. The van der Waals surface area contributed by atoms with E-state index in [9.17, 15) is 8.42 Å². The fraction of sp³-hybridized carbons (Fsp3) is 0.471. The number of halogens is 1. The lowest BCUT2D eigenvalue weighted by Gasteiger charge is -2.48. The molecule has 5 nitrogen and oxygen atoms in total. The van der Waals surface area contributed by atoms with E-state index in [1.807, 2.05) is 19.2 Å². The minimum atomic E-state index is -3.20. The first-order chi connectivity index (χ1) is 11.2. The smallest absolute Gasteiger partial charge is 0.209 e. The first-order valence-corrected chi connectivity index (χ1v) is 10.3. The Labute approximate surface area is 148 Å². The van der Waals surface area contributed by atoms with Crippen LogP contribution in [0.4, 0.5) is 5.69 Å². The Morgan fingerprint density at radius 1 is 1.33 bits per heavy atom. The molecule has 1 aromatic carbocycles. The maximum absolute atomic E-state index is 11.4. The van der Waals surface area contributed by atoms with E-state index in [1.165, 1.54) is 11.8 Å². The molecule has 2 heterocycles. The molecule has 0 radical (unpaired) electrons. The maximum Gasteiger partial charge on any atom is 0.209 e. The summed E-state index contributed by atoms with van der Waals surface area (Å²) in [6.45, 7) is 6.98. The van der Waals surface area contributed by atoms with Crippen molar-refractivity contribution in [3.05, 3.63) is 35.1 Å². The number of hydrogen-bond donors (Lipinski definition) is 1. The number of aromatic nitrogens is 1. The first-order valence-electron chi connectivity index (χ1n) is 7.99. The molecule has 1 aliphatic rings. The van der Waals surface area contributed by atoms with Crippen LogP contribution in [0.25, 0.3) is 10.8 Å². The molecule has 0 spiro atoms. The molecule has 130 valence electrons. The van der Waals surface area contributed by atoms with Crippen LogP contribution in [-0.4, -0.2) is 38.3 Å². The topological polar surface area (TPSA) is 62.3 Å². The van der Waals surface area contributed by atoms with Gasteiger partial charge in [0.05, 0.1) is 12.3 Å². The van der Waals surface area contributed by atoms with Gasteiger partial charge in [-0.25, -0.2) is 18.1 Å². The SMILES string of the molecule is CC(C)c1ccc(N2C[C@@H](NS(C)(=O)=O)[C@@H]2C)c2cnc(Cl)cc12. The molecule has 1 aliphatic heterocycles. The molecule has 1 N–H and O–H groups in total. The molecule has 1 aromatic heterocycles. The molecule has 1 saturated heterocycles. The van der Waals surface area contributed by atoms with Crippen molar-refractivity contribution in [3.63, 3.8) is 0 Å². The second-order valence-electron chi connectivity index (χ2n) is 6.77. The summed E-state index contributed by atoms with van der Waals surface area (Å²) >= 11 is 6.10. The van der Waals surface area contributed by atoms with E-state index in [0.29, 0.717) is 17.6 Å². The van der Waals surface area contributed by atoms with Gasteiger partial charge in [0.2, 0.25) is 10.0 Å². The number of fused-ring (bicyclic) bond motifs is 1. The van der Waals surface area contributed by atoms with E-state index in [2.05, 4.69) is 40.6 Å². The number of benzene rings is 1. The normalized spacial score (nSPS) is 21.3. The number of pyridine rings is 1. The molecular weight excluding hydrogens is 346 g/mol. The Morgan fingerprint density at radius 3 is 2.62 bits per heavy atom. The van der Waals surface area contributed by atoms with Gasteiger partial charge < -0.3 is 4.90 Å². The molecule has 2 atom stereocenters. The molecular formula is C17H22ClN3O2S. The standard InChI is InChI=1S/C17H22ClN3O2S/c1-10(2)12-5-6-16(14-8-19-17(18)7-13(12)14)21-9-15(11(21)3)20-24(4,22)23/h5-8,10-11,15,20H,9H2,1-4H3/t11-,15+/m0/s1. The minimum Gasteiger partial charge on any atom is -0.365 e. The second kappa shape index (κ2) is 6.17. The summed E-state index contributed by atoms with van der Waals surface area (Å²) in [7, 11) is -3.20. The van der Waals surface area contributed by atoms with E-state index in [-0.39, 0.29) is 12.1 Å². The maximum atomic E-state index is 11.4. The lowest BCUT2D eigenvalue weighted by atomic mass is 9.92.